The summed E-state index contributed by atoms with van der Waals surface area (Å²) in [5, 5.41) is 0.411. The molecule has 2 aromatic rings. The fourth-order valence-electron chi connectivity index (χ4n) is 1.38. The highest BCUT2D eigenvalue weighted by Crippen LogP contribution is 2.28. The van der Waals surface area contributed by atoms with Crippen LogP contribution in [0, 0.1) is 11.6 Å². The zero-order valence-corrected chi connectivity index (χ0v) is 10.4. The Bertz CT molecular complexity index is 649. The predicted molar refractivity (Wildman–Crippen MR) is 67.6 cm³/mol. The molecule has 0 bridgehead atoms. The summed E-state index contributed by atoms with van der Waals surface area (Å²) in [6.07, 6.45) is 1.29. The van der Waals surface area contributed by atoms with E-state index in [4.69, 9.17) is 11.5 Å². The number of nitrogen functional groups attached to an aromatic ring is 1. The van der Waals surface area contributed by atoms with E-state index in [0.717, 1.165) is 23.9 Å². The van der Waals surface area contributed by atoms with E-state index in [1.807, 2.05) is 0 Å². The second kappa shape index (κ2) is 5.23. The van der Waals surface area contributed by atoms with Crippen LogP contribution in [-0.2, 0) is 0 Å². The molecule has 7 heteroatoms. The number of nitrogens with two attached hydrogens (primary N) is 2. The van der Waals surface area contributed by atoms with Crippen molar-refractivity contribution in [2.24, 2.45) is 5.73 Å². The fourth-order valence-corrected chi connectivity index (χ4v) is 2.20. The standard InChI is InChI=1S/C12H9F2N3OS/c13-8-2-1-6(3-9(8)14)19-11-4-7(12(16)18)10(15)5-17-11/h1-5H,15H2,(H2,16,18). The van der Waals surface area contributed by atoms with E-state index in [1.165, 1.54) is 18.3 Å². The van der Waals surface area contributed by atoms with Crippen molar-refractivity contribution < 1.29 is 13.6 Å². The molecule has 0 fully saturated rings. The van der Waals surface area contributed by atoms with Gasteiger partial charge in [-0.2, -0.15) is 0 Å². The van der Waals surface area contributed by atoms with Crippen LogP contribution in [0.4, 0.5) is 14.5 Å². The van der Waals surface area contributed by atoms with Gasteiger partial charge < -0.3 is 11.5 Å². The molecule has 0 aliphatic heterocycles. The van der Waals surface area contributed by atoms with Crippen molar-refractivity contribution in [1.29, 1.82) is 0 Å². The van der Waals surface area contributed by atoms with Crippen molar-refractivity contribution in [2.45, 2.75) is 9.92 Å². The van der Waals surface area contributed by atoms with E-state index < -0.39 is 17.5 Å². The van der Waals surface area contributed by atoms with E-state index in [2.05, 4.69) is 4.98 Å². The lowest BCUT2D eigenvalue weighted by atomic mass is 10.2. The molecule has 4 N–H and O–H groups in total. The summed E-state index contributed by atoms with van der Waals surface area (Å²) >= 11 is 1.07. The molecule has 2 rings (SSSR count). The van der Waals surface area contributed by atoms with Crippen molar-refractivity contribution in [1.82, 2.24) is 4.98 Å². The number of carbonyl (C=O) groups excluding carboxylic acids is 1. The van der Waals surface area contributed by atoms with Gasteiger partial charge in [-0.3, -0.25) is 4.79 Å². The van der Waals surface area contributed by atoms with Crippen molar-refractivity contribution in [2.75, 3.05) is 5.73 Å². The Morgan fingerprint density at radius 3 is 2.58 bits per heavy atom. The molecule has 1 aromatic carbocycles. The van der Waals surface area contributed by atoms with Crippen LogP contribution < -0.4 is 11.5 Å². The minimum Gasteiger partial charge on any atom is -0.397 e. The van der Waals surface area contributed by atoms with Gasteiger partial charge in [-0.25, -0.2) is 13.8 Å². The molecule has 1 heterocycles. The second-order valence-corrected chi connectivity index (χ2v) is 4.75. The number of primary amides is 1. The van der Waals surface area contributed by atoms with E-state index >= 15 is 0 Å². The molecule has 4 nitrogen and oxygen atoms in total. The molecule has 0 radical (unpaired) electrons. The van der Waals surface area contributed by atoms with Crippen LogP contribution in [-0.4, -0.2) is 10.9 Å². The molecule has 1 aromatic heterocycles. The fraction of sp³-hybridized carbons (Fsp3) is 0. The number of anilines is 1. The highest BCUT2D eigenvalue weighted by Gasteiger charge is 2.10. The van der Waals surface area contributed by atoms with Crippen molar-refractivity contribution in [3.8, 4) is 0 Å². The van der Waals surface area contributed by atoms with Gasteiger partial charge in [0.15, 0.2) is 11.6 Å². The number of halogens is 2. The first-order valence-corrected chi connectivity index (χ1v) is 5.97. The molecule has 19 heavy (non-hydrogen) atoms. The molecular weight excluding hydrogens is 272 g/mol. The molecule has 1 amide bonds. The first kappa shape index (κ1) is 13.3. The Balaban J connectivity index is 2.30. The van der Waals surface area contributed by atoms with Gasteiger partial charge >= 0.3 is 0 Å². The van der Waals surface area contributed by atoms with Gasteiger partial charge in [0.2, 0.25) is 0 Å². The summed E-state index contributed by atoms with van der Waals surface area (Å²) in [5.74, 6) is -2.55. The molecule has 0 unspecified atom stereocenters. The lowest BCUT2D eigenvalue weighted by molar-refractivity contribution is 0.100. The number of hydrogen-bond acceptors (Lipinski definition) is 4. The molecule has 0 aliphatic carbocycles. The monoisotopic (exact) mass is 281 g/mol. The summed E-state index contributed by atoms with van der Waals surface area (Å²) in [7, 11) is 0. The van der Waals surface area contributed by atoms with E-state index in [9.17, 15) is 13.6 Å². The minimum absolute atomic E-state index is 0.139. The number of rotatable bonds is 3. The van der Waals surface area contributed by atoms with E-state index in [0.29, 0.717) is 9.92 Å². The summed E-state index contributed by atoms with van der Waals surface area (Å²) in [4.78, 5) is 15.6. The van der Waals surface area contributed by atoms with Gasteiger partial charge in [0, 0.05) is 4.90 Å². The summed E-state index contributed by atoms with van der Waals surface area (Å²) in [6, 6.07) is 4.88. The van der Waals surface area contributed by atoms with Crippen LogP contribution >= 0.6 is 11.8 Å². The molecule has 0 saturated carbocycles. The third-order valence-corrected chi connectivity index (χ3v) is 3.21. The van der Waals surface area contributed by atoms with Crippen molar-refractivity contribution in [3.05, 3.63) is 47.7 Å². The summed E-state index contributed by atoms with van der Waals surface area (Å²) < 4.78 is 25.8. The zero-order valence-electron chi connectivity index (χ0n) is 9.56. The van der Waals surface area contributed by atoms with Crippen LogP contribution in [0.25, 0.3) is 0 Å². The topological polar surface area (TPSA) is 82.0 Å². The normalized spacial score (nSPS) is 10.4. The van der Waals surface area contributed by atoms with E-state index in [-0.39, 0.29) is 11.3 Å². The van der Waals surface area contributed by atoms with Crippen molar-refractivity contribution in [3.63, 3.8) is 0 Å². The Morgan fingerprint density at radius 2 is 1.95 bits per heavy atom. The van der Waals surface area contributed by atoms with Crippen LogP contribution in [0.1, 0.15) is 10.4 Å². The van der Waals surface area contributed by atoms with Gasteiger partial charge in [0.25, 0.3) is 5.91 Å². The first-order valence-electron chi connectivity index (χ1n) is 5.15. The number of benzene rings is 1. The van der Waals surface area contributed by atoms with Crippen LogP contribution in [0.5, 0.6) is 0 Å². The molecule has 0 aliphatic rings. The summed E-state index contributed by atoms with van der Waals surface area (Å²) in [5.41, 5.74) is 11.0. The lowest BCUT2D eigenvalue weighted by Gasteiger charge is -2.05. The lowest BCUT2D eigenvalue weighted by Crippen LogP contribution is -2.13. The highest BCUT2D eigenvalue weighted by atomic mass is 32.2. The summed E-state index contributed by atoms with van der Waals surface area (Å²) in [6.45, 7) is 0. The third kappa shape index (κ3) is 3.00. The first-order chi connectivity index (χ1) is 8.97. The van der Waals surface area contributed by atoms with Crippen LogP contribution in [0.15, 0.2) is 40.4 Å². The predicted octanol–water partition coefficient (Wildman–Crippen LogP) is 2.19. The smallest absolute Gasteiger partial charge is 0.250 e. The van der Waals surface area contributed by atoms with Gasteiger partial charge in [-0.15, -0.1) is 0 Å². The Kier molecular flexibility index (Phi) is 3.66. The molecule has 0 saturated heterocycles. The number of amides is 1. The largest absolute Gasteiger partial charge is 0.397 e. The Hall–Kier alpha value is -2.15. The van der Waals surface area contributed by atoms with Crippen LogP contribution in [0.2, 0.25) is 0 Å². The van der Waals surface area contributed by atoms with Gasteiger partial charge in [-0.05, 0) is 24.3 Å². The maximum Gasteiger partial charge on any atom is 0.250 e. The third-order valence-electron chi connectivity index (χ3n) is 2.29. The quantitative estimate of drug-likeness (QED) is 0.903. The molecule has 0 spiro atoms. The number of nitrogens with zero attached hydrogens (tertiary/aromatic N) is 1. The maximum atomic E-state index is 13.1. The highest BCUT2D eigenvalue weighted by molar-refractivity contribution is 7.99. The zero-order chi connectivity index (χ0) is 14.0. The molecule has 98 valence electrons. The number of carbonyl (C=O) groups is 1. The SMILES string of the molecule is NC(=O)c1cc(Sc2ccc(F)c(F)c2)ncc1N. The number of pyridine rings is 1. The average molecular weight is 281 g/mol. The van der Waals surface area contributed by atoms with Gasteiger partial charge in [-0.1, -0.05) is 11.8 Å². The molecular formula is C12H9F2N3OS. The van der Waals surface area contributed by atoms with Gasteiger partial charge in [0.05, 0.1) is 17.4 Å². The molecule has 0 atom stereocenters. The average Bonchev–Trinajstić information content (AvgIpc) is 2.36. The van der Waals surface area contributed by atoms with Gasteiger partial charge in [0.1, 0.15) is 5.03 Å². The van der Waals surface area contributed by atoms with Crippen LogP contribution in [0.3, 0.4) is 0 Å². The maximum absolute atomic E-state index is 13.1. The minimum atomic E-state index is -0.949. The number of aromatic nitrogens is 1. The van der Waals surface area contributed by atoms with E-state index in [1.54, 1.807) is 0 Å². The van der Waals surface area contributed by atoms with Crippen molar-refractivity contribution >= 4 is 23.4 Å². The second-order valence-electron chi connectivity index (χ2n) is 3.65. The Labute approximate surface area is 111 Å². The number of hydrogen-bond donors (Lipinski definition) is 2. The Morgan fingerprint density at radius 1 is 1.21 bits per heavy atom.